The first-order chi connectivity index (χ1) is 12.8. The van der Waals surface area contributed by atoms with Crippen molar-refractivity contribution in [1.29, 1.82) is 0 Å². The fourth-order valence-corrected chi connectivity index (χ4v) is 4.62. The quantitative estimate of drug-likeness (QED) is 0.808. The Morgan fingerprint density at radius 2 is 1.67 bits per heavy atom. The number of likely N-dealkylation sites (tertiary alicyclic amines) is 1. The number of aliphatic hydroxyl groups is 1. The molecule has 5 nitrogen and oxygen atoms in total. The van der Waals surface area contributed by atoms with Crippen LogP contribution in [0.3, 0.4) is 0 Å². The molecule has 3 rings (SSSR count). The van der Waals surface area contributed by atoms with Gasteiger partial charge in [0, 0.05) is 24.7 Å². The van der Waals surface area contributed by atoms with Crippen LogP contribution in [-0.2, 0) is 20.9 Å². The van der Waals surface area contributed by atoms with E-state index in [4.69, 9.17) is 0 Å². The molecule has 1 heterocycles. The lowest BCUT2D eigenvalue weighted by atomic mass is 9.71. The van der Waals surface area contributed by atoms with E-state index in [0.29, 0.717) is 25.3 Å². The normalized spacial score (nSPS) is 28.5. The fourth-order valence-electron chi connectivity index (χ4n) is 4.62. The van der Waals surface area contributed by atoms with Gasteiger partial charge in [0.05, 0.1) is 12.6 Å². The van der Waals surface area contributed by atoms with Crippen LogP contribution < -0.4 is 0 Å². The lowest BCUT2D eigenvalue weighted by Crippen LogP contribution is -2.44. The fraction of sp³-hybridized carbons (Fsp3) is 0.591. The second kappa shape index (κ2) is 8.34. The zero-order chi connectivity index (χ0) is 19.6. The molecule has 2 fully saturated rings. The number of hydrogen-bond donors (Lipinski definition) is 1. The van der Waals surface area contributed by atoms with Crippen molar-refractivity contribution in [2.75, 3.05) is 0 Å². The molecule has 4 atom stereocenters. The first kappa shape index (κ1) is 19.7. The summed E-state index contributed by atoms with van der Waals surface area (Å²) in [5.74, 6) is -0.422. The predicted molar refractivity (Wildman–Crippen MR) is 101 cm³/mol. The van der Waals surface area contributed by atoms with Crippen molar-refractivity contribution in [1.82, 2.24) is 4.90 Å². The van der Waals surface area contributed by atoms with Crippen molar-refractivity contribution in [3.05, 3.63) is 35.9 Å². The van der Waals surface area contributed by atoms with E-state index in [1.54, 1.807) is 0 Å². The highest BCUT2D eigenvalue weighted by molar-refractivity contribution is 5.97. The minimum atomic E-state index is -0.769. The third-order valence-electron chi connectivity index (χ3n) is 6.01. The molecule has 1 aromatic carbocycles. The van der Waals surface area contributed by atoms with Gasteiger partial charge in [-0.05, 0) is 36.7 Å². The highest BCUT2D eigenvalue weighted by Gasteiger charge is 2.39. The van der Waals surface area contributed by atoms with Gasteiger partial charge in [-0.25, -0.2) is 0 Å². The van der Waals surface area contributed by atoms with E-state index in [0.717, 1.165) is 12.0 Å². The molecular formula is C22H29NO4. The molecule has 0 radical (unpaired) electrons. The van der Waals surface area contributed by atoms with Crippen LogP contribution in [0.4, 0.5) is 0 Å². The number of rotatable bonds is 5. The number of benzene rings is 1. The maximum atomic E-state index is 12.5. The highest BCUT2D eigenvalue weighted by Crippen LogP contribution is 2.35. The zero-order valence-corrected chi connectivity index (χ0v) is 16.1. The van der Waals surface area contributed by atoms with E-state index in [9.17, 15) is 19.5 Å². The molecule has 0 unspecified atom stereocenters. The molecule has 1 saturated carbocycles. The molecule has 1 aliphatic carbocycles. The topological polar surface area (TPSA) is 74.7 Å². The average Bonchev–Trinajstić information content (AvgIpc) is 2.62. The van der Waals surface area contributed by atoms with Crippen molar-refractivity contribution in [2.45, 2.75) is 58.6 Å². The Morgan fingerprint density at radius 3 is 2.30 bits per heavy atom. The van der Waals surface area contributed by atoms with Crippen LogP contribution in [-0.4, -0.2) is 33.7 Å². The van der Waals surface area contributed by atoms with Gasteiger partial charge in [-0.1, -0.05) is 44.2 Å². The second-order valence-electron chi connectivity index (χ2n) is 8.42. The van der Waals surface area contributed by atoms with E-state index in [1.165, 1.54) is 4.90 Å². The maximum absolute atomic E-state index is 12.5. The molecule has 1 saturated heterocycles. The molecule has 1 N–H and O–H groups in total. The summed E-state index contributed by atoms with van der Waals surface area (Å²) in [6.07, 6.45) is 1.64. The molecule has 1 aromatic rings. The first-order valence-electron chi connectivity index (χ1n) is 9.94. The number of amides is 2. The van der Waals surface area contributed by atoms with E-state index < -0.39 is 6.10 Å². The van der Waals surface area contributed by atoms with E-state index >= 15 is 0 Å². The highest BCUT2D eigenvalue weighted by atomic mass is 16.3. The summed E-state index contributed by atoms with van der Waals surface area (Å²) in [5.41, 5.74) is 0.925. The Hall–Kier alpha value is -2.01. The minimum Gasteiger partial charge on any atom is -0.392 e. The number of hydrogen-bond acceptors (Lipinski definition) is 4. The third kappa shape index (κ3) is 4.64. The number of carbonyl (C=O) groups excluding carboxylic acids is 3. The Kier molecular flexibility index (Phi) is 6.10. The van der Waals surface area contributed by atoms with Crippen molar-refractivity contribution in [3.8, 4) is 0 Å². The number of piperidine rings is 1. The summed E-state index contributed by atoms with van der Waals surface area (Å²) in [7, 11) is 0. The van der Waals surface area contributed by atoms with Crippen molar-refractivity contribution in [3.63, 3.8) is 0 Å². The summed E-state index contributed by atoms with van der Waals surface area (Å²) in [5, 5.41) is 10.6. The molecular weight excluding hydrogens is 342 g/mol. The molecule has 27 heavy (non-hydrogen) atoms. The lowest BCUT2D eigenvalue weighted by molar-refractivity contribution is -0.151. The monoisotopic (exact) mass is 371 g/mol. The molecule has 0 bridgehead atoms. The number of aliphatic hydroxyl groups excluding tert-OH is 1. The van der Waals surface area contributed by atoms with E-state index in [1.807, 2.05) is 37.3 Å². The number of Topliss-reactive ketones (excluding diaryl/α,β-unsaturated/α-hetero) is 1. The Labute approximate surface area is 160 Å². The maximum Gasteiger partial charge on any atom is 0.229 e. The van der Waals surface area contributed by atoms with Crippen LogP contribution in [0.2, 0.25) is 0 Å². The standard InChI is InChI=1S/C22H29NO4/c1-14-8-15(2)22(27)18(9-14)19(24)10-17-11-20(25)23(21(26)12-17)13-16-6-4-3-5-7-16/h3-7,14-15,17-19,24H,8-13H2,1-2H3/t14-,15-,18-,19+/m0/s1. The second-order valence-corrected chi connectivity index (χ2v) is 8.42. The van der Waals surface area contributed by atoms with Crippen LogP contribution in [0.5, 0.6) is 0 Å². The zero-order valence-electron chi connectivity index (χ0n) is 16.1. The smallest absolute Gasteiger partial charge is 0.229 e. The van der Waals surface area contributed by atoms with Gasteiger partial charge in [0.15, 0.2) is 0 Å². The summed E-state index contributed by atoms with van der Waals surface area (Å²) in [6, 6.07) is 9.46. The van der Waals surface area contributed by atoms with Gasteiger partial charge >= 0.3 is 0 Å². The first-order valence-corrected chi connectivity index (χ1v) is 9.94. The van der Waals surface area contributed by atoms with Crippen LogP contribution >= 0.6 is 0 Å². The number of ketones is 1. The Bertz CT molecular complexity index is 684. The van der Waals surface area contributed by atoms with Gasteiger partial charge in [-0.3, -0.25) is 19.3 Å². The van der Waals surface area contributed by atoms with Crippen LogP contribution in [0.15, 0.2) is 30.3 Å². The molecule has 0 aromatic heterocycles. The third-order valence-corrected chi connectivity index (χ3v) is 6.01. The minimum absolute atomic E-state index is 0.0237. The summed E-state index contributed by atoms with van der Waals surface area (Å²) in [4.78, 5) is 38.8. The molecule has 2 aliphatic rings. The van der Waals surface area contributed by atoms with Crippen molar-refractivity contribution < 1.29 is 19.5 Å². The average molecular weight is 371 g/mol. The molecule has 146 valence electrons. The summed E-state index contributed by atoms with van der Waals surface area (Å²) >= 11 is 0. The predicted octanol–water partition coefficient (Wildman–Crippen LogP) is 2.95. The lowest BCUT2D eigenvalue weighted by Gasteiger charge is -2.36. The summed E-state index contributed by atoms with van der Waals surface area (Å²) < 4.78 is 0. The number of nitrogens with zero attached hydrogens (tertiary/aromatic N) is 1. The largest absolute Gasteiger partial charge is 0.392 e. The van der Waals surface area contributed by atoms with Gasteiger partial charge < -0.3 is 5.11 Å². The van der Waals surface area contributed by atoms with Crippen molar-refractivity contribution in [2.24, 2.45) is 23.7 Å². The molecule has 5 heteroatoms. The van der Waals surface area contributed by atoms with Gasteiger partial charge in [0.1, 0.15) is 5.78 Å². The molecule has 0 spiro atoms. The number of carbonyl (C=O) groups is 3. The number of imide groups is 1. The summed E-state index contributed by atoms with van der Waals surface area (Å²) in [6.45, 7) is 4.33. The van der Waals surface area contributed by atoms with Gasteiger partial charge in [0.2, 0.25) is 11.8 Å². The van der Waals surface area contributed by atoms with Crippen LogP contribution in [0.25, 0.3) is 0 Å². The Balaban J connectivity index is 1.59. The molecule has 1 aliphatic heterocycles. The van der Waals surface area contributed by atoms with Crippen molar-refractivity contribution >= 4 is 17.6 Å². The van der Waals surface area contributed by atoms with Crippen LogP contribution in [0, 0.1) is 23.7 Å². The molecule has 2 amide bonds. The van der Waals surface area contributed by atoms with Crippen LogP contribution in [0.1, 0.15) is 51.5 Å². The van der Waals surface area contributed by atoms with E-state index in [-0.39, 0.29) is 48.2 Å². The van der Waals surface area contributed by atoms with Gasteiger partial charge in [-0.15, -0.1) is 0 Å². The SMILES string of the molecule is C[C@@H]1C[C@@H]([C@H](O)CC2CC(=O)N(Cc3ccccc3)C(=O)C2)C(=O)[C@@H](C)C1. The van der Waals surface area contributed by atoms with Gasteiger partial charge in [0.25, 0.3) is 0 Å². The Morgan fingerprint density at radius 1 is 1.04 bits per heavy atom. The van der Waals surface area contributed by atoms with E-state index in [2.05, 4.69) is 6.92 Å². The van der Waals surface area contributed by atoms with Gasteiger partial charge in [-0.2, -0.15) is 0 Å².